The van der Waals surface area contributed by atoms with Crippen LogP contribution < -0.4 is 5.32 Å². The van der Waals surface area contributed by atoms with Crippen molar-refractivity contribution in [2.45, 2.75) is 71.6 Å². The Morgan fingerprint density at radius 1 is 1.15 bits per heavy atom. The molecule has 180 valence electrons. The van der Waals surface area contributed by atoms with Gasteiger partial charge in [-0.3, -0.25) is 9.97 Å². The smallest absolute Gasteiger partial charge is 0.410 e. The third-order valence-electron chi connectivity index (χ3n) is 6.34. The minimum absolute atomic E-state index is 0.0260. The number of carbonyl (C=O) groups excluding carboxylic acids is 1. The summed E-state index contributed by atoms with van der Waals surface area (Å²) in [6.07, 6.45) is 6.13. The van der Waals surface area contributed by atoms with E-state index in [0.717, 1.165) is 30.7 Å². The maximum Gasteiger partial charge on any atom is 0.410 e. The normalized spacial score (nSPS) is 16.0. The van der Waals surface area contributed by atoms with Gasteiger partial charge in [-0.2, -0.15) is 0 Å². The summed E-state index contributed by atoms with van der Waals surface area (Å²) < 4.78 is 5.56. The summed E-state index contributed by atoms with van der Waals surface area (Å²) in [7, 11) is 0. The molecule has 3 heterocycles. The van der Waals surface area contributed by atoms with E-state index >= 15 is 0 Å². The molecule has 0 radical (unpaired) electrons. The first-order valence-corrected chi connectivity index (χ1v) is 12.2. The topological polar surface area (TPSA) is 67.4 Å². The van der Waals surface area contributed by atoms with Gasteiger partial charge in [0, 0.05) is 49.0 Å². The van der Waals surface area contributed by atoms with E-state index in [0.29, 0.717) is 13.1 Å². The Balaban J connectivity index is 1.54. The predicted octanol–water partition coefficient (Wildman–Crippen LogP) is 5.52. The number of benzene rings is 1. The van der Waals surface area contributed by atoms with Crippen LogP contribution in [0.1, 0.15) is 62.2 Å². The number of aromatic nitrogens is 2. The second-order valence-corrected chi connectivity index (χ2v) is 10.4. The van der Waals surface area contributed by atoms with Gasteiger partial charge in [-0.05, 0) is 70.0 Å². The highest BCUT2D eigenvalue weighted by Crippen LogP contribution is 2.27. The molecule has 0 aliphatic carbocycles. The van der Waals surface area contributed by atoms with E-state index in [1.165, 1.54) is 21.9 Å². The van der Waals surface area contributed by atoms with Crippen LogP contribution in [-0.4, -0.2) is 45.7 Å². The van der Waals surface area contributed by atoms with E-state index in [1.807, 2.05) is 38.1 Å². The molecule has 2 aromatic heterocycles. The molecule has 1 fully saturated rings. The Bertz CT molecular complexity index is 1140. The lowest BCUT2D eigenvalue weighted by Crippen LogP contribution is -2.47. The SMILES string of the molecule is Cc1cnc(CC(NC2CCN(C(=O)OC(C)(C)C)CC2)c2nccc3ccccc23)c(C)c1. The van der Waals surface area contributed by atoms with Crippen molar-refractivity contribution in [1.29, 1.82) is 0 Å². The molecule has 1 saturated heterocycles. The molecule has 0 bridgehead atoms. The molecule has 1 unspecified atom stereocenters. The van der Waals surface area contributed by atoms with Crippen molar-refractivity contribution >= 4 is 16.9 Å². The fourth-order valence-electron chi connectivity index (χ4n) is 4.65. The summed E-state index contributed by atoms with van der Waals surface area (Å²) in [5.74, 6) is 0. The van der Waals surface area contributed by atoms with Crippen LogP contribution in [0.15, 0.2) is 48.8 Å². The largest absolute Gasteiger partial charge is 0.444 e. The molecular formula is C28H36N4O2. The van der Waals surface area contributed by atoms with Crippen LogP contribution in [0, 0.1) is 13.8 Å². The molecule has 1 atom stereocenters. The maximum atomic E-state index is 12.5. The highest BCUT2D eigenvalue weighted by atomic mass is 16.6. The van der Waals surface area contributed by atoms with Crippen molar-refractivity contribution in [3.05, 3.63) is 71.3 Å². The summed E-state index contributed by atoms with van der Waals surface area (Å²) in [5.41, 5.74) is 4.03. The van der Waals surface area contributed by atoms with Crippen molar-refractivity contribution in [2.75, 3.05) is 13.1 Å². The Morgan fingerprint density at radius 2 is 1.88 bits per heavy atom. The highest BCUT2D eigenvalue weighted by Gasteiger charge is 2.29. The molecule has 1 aliphatic heterocycles. The lowest BCUT2D eigenvalue weighted by Gasteiger charge is -2.35. The zero-order chi connectivity index (χ0) is 24.3. The second kappa shape index (κ2) is 10.1. The van der Waals surface area contributed by atoms with Gasteiger partial charge < -0.3 is 15.0 Å². The summed E-state index contributed by atoms with van der Waals surface area (Å²) in [4.78, 5) is 23.9. The van der Waals surface area contributed by atoms with Crippen molar-refractivity contribution < 1.29 is 9.53 Å². The van der Waals surface area contributed by atoms with Gasteiger partial charge in [0.05, 0.1) is 11.7 Å². The zero-order valence-corrected chi connectivity index (χ0v) is 21.0. The van der Waals surface area contributed by atoms with E-state index in [9.17, 15) is 4.79 Å². The molecule has 1 amide bonds. The third-order valence-corrected chi connectivity index (χ3v) is 6.34. The molecular weight excluding hydrogens is 424 g/mol. The van der Waals surface area contributed by atoms with Crippen molar-refractivity contribution in [3.63, 3.8) is 0 Å². The first-order chi connectivity index (χ1) is 16.2. The molecule has 4 rings (SSSR count). The number of pyridine rings is 2. The zero-order valence-electron chi connectivity index (χ0n) is 21.0. The minimum atomic E-state index is -0.476. The number of nitrogens with one attached hydrogen (secondary N) is 1. The number of ether oxygens (including phenoxy) is 1. The monoisotopic (exact) mass is 460 g/mol. The van der Waals surface area contributed by atoms with E-state index in [1.54, 1.807) is 0 Å². The molecule has 1 N–H and O–H groups in total. The van der Waals surface area contributed by atoms with Gasteiger partial charge in [-0.25, -0.2) is 4.79 Å². The average Bonchev–Trinajstić information content (AvgIpc) is 2.79. The van der Waals surface area contributed by atoms with E-state index in [-0.39, 0.29) is 18.2 Å². The van der Waals surface area contributed by atoms with Crippen LogP contribution in [0.5, 0.6) is 0 Å². The minimum Gasteiger partial charge on any atom is -0.444 e. The number of amides is 1. The van der Waals surface area contributed by atoms with Gasteiger partial charge in [-0.15, -0.1) is 0 Å². The van der Waals surface area contributed by atoms with Gasteiger partial charge >= 0.3 is 6.09 Å². The third kappa shape index (κ3) is 5.92. The van der Waals surface area contributed by atoms with Crippen LogP contribution in [-0.2, 0) is 11.2 Å². The average molecular weight is 461 g/mol. The number of hydrogen-bond acceptors (Lipinski definition) is 5. The first-order valence-electron chi connectivity index (χ1n) is 12.2. The Hall–Kier alpha value is -2.99. The number of rotatable bonds is 5. The van der Waals surface area contributed by atoms with Gasteiger partial charge in [0.2, 0.25) is 0 Å². The second-order valence-electron chi connectivity index (χ2n) is 10.4. The van der Waals surface area contributed by atoms with Gasteiger partial charge in [0.1, 0.15) is 5.60 Å². The molecule has 34 heavy (non-hydrogen) atoms. The van der Waals surface area contributed by atoms with Crippen LogP contribution in [0.4, 0.5) is 4.79 Å². The summed E-state index contributed by atoms with van der Waals surface area (Å²) in [6, 6.07) is 13.0. The number of aryl methyl sites for hydroxylation is 2. The number of carbonyl (C=O) groups is 1. The number of likely N-dealkylation sites (tertiary alicyclic amines) is 1. The molecule has 1 aliphatic rings. The lowest BCUT2D eigenvalue weighted by molar-refractivity contribution is 0.0195. The maximum absolute atomic E-state index is 12.5. The van der Waals surface area contributed by atoms with E-state index in [4.69, 9.17) is 14.7 Å². The summed E-state index contributed by atoms with van der Waals surface area (Å²) in [6.45, 7) is 11.3. The fraction of sp³-hybridized carbons (Fsp3) is 0.464. The van der Waals surface area contributed by atoms with E-state index < -0.39 is 5.60 Å². The van der Waals surface area contributed by atoms with Crippen LogP contribution in [0.2, 0.25) is 0 Å². The van der Waals surface area contributed by atoms with Crippen LogP contribution >= 0.6 is 0 Å². The standard InChI is InChI=1S/C28H36N4O2/c1-19-16-20(2)24(30-18-19)17-25(26-23-9-7-6-8-21(23)10-13-29-26)31-22-11-14-32(15-12-22)27(33)34-28(3,4)5/h6-10,13,16,18,22,25,31H,11-12,14-15,17H2,1-5H3. The highest BCUT2D eigenvalue weighted by molar-refractivity contribution is 5.84. The summed E-state index contributed by atoms with van der Waals surface area (Å²) >= 11 is 0. The number of fused-ring (bicyclic) bond motifs is 1. The Labute approximate surface area is 202 Å². The van der Waals surface area contributed by atoms with Crippen molar-refractivity contribution in [1.82, 2.24) is 20.2 Å². The molecule has 6 nitrogen and oxygen atoms in total. The number of hydrogen-bond donors (Lipinski definition) is 1. The molecule has 0 saturated carbocycles. The Morgan fingerprint density at radius 3 is 2.59 bits per heavy atom. The number of piperidine rings is 1. The molecule has 6 heteroatoms. The predicted molar refractivity (Wildman–Crippen MR) is 136 cm³/mol. The quantitative estimate of drug-likeness (QED) is 0.543. The van der Waals surface area contributed by atoms with Gasteiger partial charge in [-0.1, -0.05) is 30.3 Å². The Kier molecular flexibility index (Phi) is 7.17. The summed E-state index contributed by atoms with van der Waals surface area (Å²) in [5, 5.41) is 6.23. The first kappa shape index (κ1) is 24.1. The lowest BCUT2D eigenvalue weighted by atomic mass is 9.96. The molecule has 1 aromatic carbocycles. The molecule has 3 aromatic rings. The van der Waals surface area contributed by atoms with Gasteiger partial charge in [0.25, 0.3) is 0 Å². The number of nitrogens with zero attached hydrogens (tertiary/aromatic N) is 3. The fourth-order valence-corrected chi connectivity index (χ4v) is 4.65. The van der Waals surface area contributed by atoms with Crippen LogP contribution in [0.25, 0.3) is 10.8 Å². The molecule has 0 spiro atoms. The van der Waals surface area contributed by atoms with Crippen molar-refractivity contribution in [3.8, 4) is 0 Å². The van der Waals surface area contributed by atoms with E-state index in [2.05, 4.69) is 55.6 Å². The van der Waals surface area contributed by atoms with Crippen LogP contribution in [0.3, 0.4) is 0 Å². The van der Waals surface area contributed by atoms with Crippen molar-refractivity contribution in [2.24, 2.45) is 0 Å². The van der Waals surface area contributed by atoms with Gasteiger partial charge in [0.15, 0.2) is 0 Å².